The maximum atomic E-state index is 8.50. The summed E-state index contributed by atoms with van der Waals surface area (Å²) in [6, 6.07) is 5.83. The van der Waals surface area contributed by atoms with Gasteiger partial charge >= 0.3 is 0 Å². The summed E-state index contributed by atoms with van der Waals surface area (Å²) in [4.78, 5) is 0. The predicted molar refractivity (Wildman–Crippen MR) is 106 cm³/mol. The zero-order valence-electron chi connectivity index (χ0n) is 18.4. The van der Waals surface area contributed by atoms with Crippen molar-refractivity contribution in [3.63, 3.8) is 0 Å². The number of nitrogens with zero attached hydrogens (tertiary/aromatic N) is 5. The SMILES string of the molecule is CCCC[n+]1ccn(C)c1.CC[n+]1ccn(C)c1.OCC[n+]1ccccc1.[Br-].[Br-].[Br-]. The van der Waals surface area contributed by atoms with Crippen LogP contribution in [-0.2, 0) is 33.7 Å². The molecule has 0 atom stereocenters. The van der Waals surface area contributed by atoms with E-state index in [4.69, 9.17) is 5.11 Å². The molecule has 9 heteroatoms. The standard InChI is InChI=1S/C8H15N2.C7H10NO.C6H11N2.3BrH/c1-3-4-5-10-7-6-9(2)8-10;9-7-6-8-4-2-1-3-5-8;1-3-8-5-4-7(2)6-8;;;/h6-8H,3-5H2,1-2H3;1-5,9H,6-7H2;4-6H,3H2,1-2H3;3*1H/q3*+1;;;/p-3. The number of hydrogen-bond donors (Lipinski definition) is 1. The molecule has 0 unspecified atom stereocenters. The molecule has 3 aromatic rings. The van der Waals surface area contributed by atoms with E-state index in [2.05, 4.69) is 58.8 Å². The molecule has 0 aliphatic rings. The minimum atomic E-state index is 0. The number of aryl methyl sites for hydroxylation is 4. The summed E-state index contributed by atoms with van der Waals surface area (Å²) < 4.78 is 10.4. The van der Waals surface area contributed by atoms with Gasteiger partial charge in [-0.2, -0.15) is 0 Å². The van der Waals surface area contributed by atoms with E-state index >= 15 is 0 Å². The molecular weight excluding hydrogens is 578 g/mol. The van der Waals surface area contributed by atoms with Crippen molar-refractivity contribution in [2.24, 2.45) is 14.1 Å². The van der Waals surface area contributed by atoms with Crippen LogP contribution in [0.2, 0.25) is 0 Å². The molecule has 0 aromatic carbocycles. The van der Waals surface area contributed by atoms with E-state index < -0.39 is 0 Å². The van der Waals surface area contributed by atoms with Crippen LogP contribution in [-0.4, -0.2) is 20.8 Å². The second-order valence-corrected chi connectivity index (χ2v) is 6.42. The second kappa shape index (κ2) is 21.2. The van der Waals surface area contributed by atoms with Gasteiger partial charge in [-0.25, -0.2) is 22.8 Å². The lowest BCUT2D eigenvalue weighted by Crippen LogP contribution is -3.00. The minimum Gasteiger partial charge on any atom is -1.00 e. The highest BCUT2D eigenvalue weighted by Crippen LogP contribution is 1.85. The van der Waals surface area contributed by atoms with E-state index in [1.807, 2.05) is 60.0 Å². The number of unbranched alkanes of at least 4 members (excludes halogenated alkanes) is 1. The zero-order valence-corrected chi connectivity index (χ0v) is 23.2. The minimum absolute atomic E-state index is 0. The predicted octanol–water partition coefficient (Wildman–Crippen LogP) is -7.58. The van der Waals surface area contributed by atoms with Gasteiger partial charge < -0.3 is 56.1 Å². The number of aliphatic hydroxyl groups excluding tert-OH is 1. The van der Waals surface area contributed by atoms with Gasteiger partial charge in [0.25, 0.3) is 0 Å². The molecule has 0 saturated carbocycles. The van der Waals surface area contributed by atoms with Gasteiger partial charge in [-0.05, 0) is 13.3 Å². The van der Waals surface area contributed by atoms with Crippen molar-refractivity contribution in [2.45, 2.75) is 46.3 Å². The summed E-state index contributed by atoms with van der Waals surface area (Å²) in [5.74, 6) is 0. The van der Waals surface area contributed by atoms with E-state index in [0.29, 0.717) is 6.54 Å². The van der Waals surface area contributed by atoms with Crippen LogP contribution in [0.1, 0.15) is 26.7 Å². The summed E-state index contributed by atoms with van der Waals surface area (Å²) in [5.41, 5.74) is 0. The molecule has 30 heavy (non-hydrogen) atoms. The molecule has 1 N–H and O–H groups in total. The Balaban J connectivity index is -0.000000349. The van der Waals surface area contributed by atoms with Gasteiger partial charge in [-0.3, -0.25) is 0 Å². The number of aromatic nitrogens is 5. The summed E-state index contributed by atoms with van der Waals surface area (Å²) in [5, 5.41) is 8.50. The lowest BCUT2D eigenvalue weighted by molar-refractivity contribution is -0.698. The molecule has 0 amide bonds. The second-order valence-electron chi connectivity index (χ2n) is 6.42. The van der Waals surface area contributed by atoms with Crippen LogP contribution < -0.4 is 64.6 Å². The van der Waals surface area contributed by atoms with Crippen molar-refractivity contribution < 1.29 is 69.8 Å². The third-order valence-electron chi connectivity index (χ3n) is 3.92. The van der Waals surface area contributed by atoms with Crippen LogP contribution in [0.25, 0.3) is 0 Å². The molecule has 0 fully saturated rings. The molecule has 0 bridgehead atoms. The summed E-state index contributed by atoms with van der Waals surface area (Å²) in [7, 11) is 4.06. The van der Waals surface area contributed by atoms with E-state index in [-0.39, 0.29) is 57.6 Å². The van der Waals surface area contributed by atoms with Crippen LogP contribution in [0.3, 0.4) is 0 Å². The molecule has 0 spiro atoms. The first-order chi connectivity index (χ1) is 13.1. The largest absolute Gasteiger partial charge is 1.00 e. The van der Waals surface area contributed by atoms with Gasteiger partial charge in [0.2, 0.25) is 12.7 Å². The average molecular weight is 614 g/mol. The Kier molecular flexibility index (Phi) is 23.8. The van der Waals surface area contributed by atoms with Gasteiger partial charge in [0.15, 0.2) is 18.9 Å². The van der Waals surface area contributed by atoms with Crippen molar-refractivity contribution in [3.05, 3.63) is 68.0 Å². The smallest absolute Gasteiger partial charge is 0.243 e. The van der Waals surface area contributed by atoms with Gasteiger partial charge in [0, 0.05) is 12.1 Å². The maximum absolute atomic E-state index is 8.50. The highest BCUT2D eigenvalue weighted by Gasteiger charge is 1.96. The van der Waals surface area contributed by atoms with Crippen LogP contribution in [0, 0.1) is 0 Å². The van der Waals surface area contributed by atoms with Crippen LogP contribution in [0.5, 0.6) is 0 Å². The number of halogens is 3. The van der Waals surface area contributed by atoms with Crippen LogP contribution >= 0.6 is 0 Å². The molecule has 0 radical (unpaired) electrons. The Labute approximate surface area is 213 Å². The van der Waals surface area contributed by atoms with Crippen molar-refractivity contribution in [3.8, 4) is 0 Å². The lowest BCUT2D eigenvalue weighted by Gasteiger charge is -1.90. The monoisotopic (exact) mass is 611 g/mol. The van der Waals surface area contributed by atoms with Gasteiger partial charge in [0.1, 0.15) is 31.4 Å². The first kappa shape index (κ1) is 33.6. The highest BCUT2D eigenvalue weighted by molar-refractivity contribution is 4.83. The normalized spacial score (nSPS) is 8.83. The van der Waals surface area contributed by atoms with Gasteiger partial charge in [0.05, 0.1) is 27.2 Å². The Bertz CT molecular complexity index is 735. The molecular formula is C21H36Br3N5O. The van der Waals surface area contributed by atoms with E-state index in [1.54, 1.807) is 0 Å². The number of aliphatic hydroxyl groups is 1. The fraction of sp³-hybridized carbons (Fsp3) is 0.476. The number of hydrogen-bond acceptors (Lipinski definition) is 1. The number of imidazole rings is 2. The van der Waals surface area contributed by atoms with Crippen LogP contribution in [0.15, 0.2) is 68.0 Å². The van der Waals surface area contributed by atoms with E-state index in [1.165, 1.54) is 12.8 Å². The summed E-state index contributed by atoms with van der Waals surface area (Å²) >= 11 is 0. The third kappa shape index (κ3) is 15.8. The van der Waals surface area contributed by atoms with E-state index in [9.17, 15) is 0 Å². The quantitative estimate of drug-likeness (QED) is 0.276. The molecule has 6 nitrogen and oxygen atoms in total. The number of pyridine rings is 1. The summed E-state index contributed by atoms with van der Waals surface area (Å²) in [6.07, 6.45) is 18.8. The van der Waals surface area contributed by atoms with Crippen molar-refractivity contribution in [2.75, 3.05) is 6.61 Å². The molecule has 3 rings (SSSR count). The summed E-state index contributed by atoms with van der Waals surface area (Å²) in [6.45, 7) is 7.43. The topological polar surface area (TPSA) is 41.7 Å². The highest BCUT2D eigenvalue weighted by atomic mass is 79.9. The molecule has 3 heterocycles. The van der Waals surface area contributed by atoms with E-state index in [0.717, 1.165) is 13.1 Å². The van der Waals surface area contributed by atoms with Crippen molar-refractivity contribution in [1.29, 1.82) is 0 Å². The van der Waals surface area contributed by atoms with Gasteiger partial charge in [-0.15, -0.1) is 0 Å². The Morgan fingerprint density at radius 2 is 1.23 bits per heavy atom. The Hall–Kier alpha value is -1.03. The zero-order chi connectivity index (χ0) is 19.9. The molecule has 172 valence electrons. The Morgan fingerprint density at radius 1 is 0.700 bits per heavy atom. The first-order valence-corrected chi connectivity index (χ1v) is 9.66. The third-order valence-corrected chi connectivity index (χ3v) is 3.92. The molecule has 0 aliphatic carbocycles. The van der Waals surface area contributed by atoms with Crippen LogP contribution in [0.4, 0.5) is 0 Å². The molecule has 3 aromatic heterocycles. The average Bonchev–Trinajstić information content (AvgIpc) is 3.30. The first-order valence-electron chi connectivity index (χ1n) is 9.66. The molecule has 0 saturated heterocycles. The number of rotatable bonds is 6. The lowest BCUT2D eigenvalue weighted by atomic mass is 10.3. The van der Waals surface area contributed by atoms with Crippen molar-refractivity contribution in [1.82, 2.24) is 9.13 Å². The fourth-order valence-corrected chi connectivity index (χ4v) is 2.36. The Morgan fingerprint density at radius 3 is 1.60 bits per heavy atom. The molecule has 0 aliphatic heterocycles. The van der Waals surface area contributed by atoms with Crippen molar-refractivity contribution >= 4 is 0 Å². The fourth-order valence-electron chi connectivity index (χ4n) is 2.36. The maximum Gasteiger partial charge on any atom is 0.243 e. The van der Waals surface area contributed by atoms with Gasteiger partial charge in [-0.1, -0.05) is 19.4 Å².